The molecule has 0 saturated carbocycles. The summed E-state index contributed by atoms with van der Waals surface area (Å²) in [5.41, 5.74) is 0.856. The molecule has 3 rings (SSSR count). The molecule has 0 saturated heterocycles. The fourth-order valence-corrected chi connectivity index (χ4v) is 2.71. The first-order valence-corrected chi connectivity index (χ1v) is 8.32. The Hall–Kier alpha value is -3.07. The standard InChI is InChI=1S/C17H13BrN4O4/c1-21(17(23)12-5-3-7-14(9-12)22(24)25)10-15-19-16(20-26-15)11-4-2-6-13(18)8-11/h2-9H,10H2,1H3. The number of benzene rings is 2. The minimum atomic E-state index is -0.543. The van der Waals surface area contributed by atoms with Crippen LogP contribution in [0.25, 0.3) is 11.4 Å². The second-order valence-electron chi connectivity index (χ2n) is 5.49. The second kappa shape index (κ2) is 7.44. The number of nitrogens with zero attached hydrogens (tertiary/aromatic N) is 4. The number of non-ortho nitro benzene ring substituents is 1. The van der Waals surface area contributed by atoms with Crippen molar-refractivity contribution in [2.45, 2.75) is 6.54 Å². The van der Waals surface area contributed by atoms with Gasteiger partial charge in [-0.15, -0.1) is 0 Å². The van der Waals surface area contributed by atoms with Gasteiger partial charge in [-0.1, -0.05) is 39.3 Å². The Morgan fingerprint density at radius 1 is 1.27 bits per heavy atom. The summed E-state index contributed by atoms with van der Waals surface area (Å²) in [5.74, 6) is 0.301. The number of hydrogen-bond donors (Lipinski definition) is 0. The van der Waals surface area contributed by atoms with Crippen molar-refractivity contribution < 1.29 is 14.2 Å². The summed E-state index contributed by atoms with van der Waals surface area (Å²) in [6.07, 6.45) is 0. The Kier molecular flexibility index (Phi) is 5.08. The van der Waals surface area contributed by atoms with Crippen molar-refractivity contribution in [3.05, 3.63) is 74.6 Å². The third kappa shape index (κ3) is 3.94. The van der Waals surface area contributed by atoms with Crippen LogP contribution < -0.4 is 0 Å². The number of hydrogen-bond acceptors (Lipinski definition) is 6. The SMILES string of the molecule is CN(Cc1nc(-c2cccc(Br)c2)no1)C(=O)c1cccc([N+](=O)[O-])c1. The lowest BCUT2D eigenvalue weighted by atomic mass is 10.2. The van der Waals surface area contributed by atoms with Crippen molar-refractivity contribution in [2.75, 3.05) is 7.05 Å². The van der Waals surface area contributed by atoms with E-state index in [1.54, 1.807) is 7.05 Å². The summed E-state index contributed by atoms with van der Waals surface area (Å²) < 4.78 is 6.09. The number of nitro benzene ring substituents is 1. The first kappa shape index (κ1) is 17.7. The quantitative estimate of drug-likeness (QED) is 0.464. The van der Waals surface area contributed by atoms with Crippen LogP contribution in [0.1, 0.15) is 16.2 Å². The molecule has 1 heterocycles. The van der Waals surface area contributed by atoms with E-state index in [-0.39, 0.29) is 29.6 Å². The fourth-order valence-electron chi connectivity index (χ4n) is 2.31. The lowest BCUT2D eigenvalue weighted by Crippen LogP contribution is -2.26. The van der Waals surface area contributed by atoms with Gasteiger partial charge in [-0.2, -0.15) is 4.98 Å². The van der Waals surface area contributed by atoms with E-state index >= 15 is 0 Å². The zero-order valence-electron chi connectivity index (χ0n) is 13.6. The molecule has 0 radical (unpaired) electrons. The van der Waals surface area contributed by atoms with Gasteiger partial charge in [0.15, 0.2) is 0 Å². The molecule has 0 aliphatic heterocycles. The number of halogens is 1. The van der Waals surface area contributed by atoms with Crippen LogP contribution in [0, 0.1) is 10.1 Å². The molecule has 0 N–H and O–H groups in total. The van der Waals surface area contributed by atoms with E-state index in [4.69, 9.17) is 4.52 Å². The topological polar surface area (TPSA) is 102 Å². The van der Waals surface area contributed by atoms with Crippen LogP contribution in [0.4, 0.5) is 5.69 Å². The van der Waals surface area contributed by atoms with Crippen LogP contribution in [-0.4, -0.2) is 32.9 Å². The van der Waals surface area contributed by atoms with Crippen molar-refractivity contribution in [3.63, 3.8) is 0 Å². The smallest absolute Gasteiger partial charge is 0.270 e. The summed E-state index contributed by atoms with van der Waals surface area (Å²) in [4.78, 5) is 28.4. The van der Waals surface area contributed by atoms with Crippen molar-refractivity contribution in [1.82, 2.24) is 15.0 Å². The molecule has 26 heavy (non-hydrogen) atoms. The Morgan fingerprint density at radius 2 is 2.04 bits per heavy atom. The first-order chi connectivity index (χ1) is 12.4. The zero-order valence-corrected chi connectivity index (χ0v) is 15.2. The van der Waals surface area contributed by atoms with Crippen LogP contribution in [-0.2, 0) is 6.54 Å². The van der Waals surface area contributed by atoms with Crippen molar-refractivity contribution in [3.8, 4) is 11.4 Å². The maximum absolute atomic E-state index is 12.5. The van der Waals surface area contributed by atoms with Crippen LogP contribution in [0.15, 0.2) is 57.5 Å². The maximum atomic E-state index is 12.5. The van der Waals surface area contributed by atoms with Crippen LogP contribution in [0.3, 0.4) is 0 Å². The lowest BCUT2D eigenvalue weighted by molar-refractivity contribution is -0.384. The molecule has 1 aromatic heterocycles. The van der Waals surface area contributed by atoms with Gasteiger partial charge in [-0.25, -0.2) is 0 Å². The number of aromatic nitrogens is 2. The predicted molar refractivity (Wildman–Crippen MR) is 96.3 cm³/mol. The van der Waals surface area contributed by atoms with Crippen LogP contribution in [0.2, 0.25) is 0 Å². The molecule has 0 unspecified atom stereocenters. The molecule has 0 aliphatic rings. The number of amides is 1. The summed E-state index contributed by atoms with van der Waals surface area (Å²) in [6, 6.07) is 13.0. The minimum Gasteiger partial charge on any atom is -0.337 e. The van der Waals surface area contributed by atoms with Crippen molar-refractivity contribution >= 4 is 27.5 Å². The number of nitro groups is 1. The van der Waals surface area contributed by atoms with Gasteiger partial charge < -0.3 is 9.42 Å². The van der Waals surface area contributed by atoms with E-state index in [0.29, 0.717) is 5.82 Å². The highest BCUT2D eigenvalue weighted by molar-refractivity contribution is 9.10. The molecular formula is C17H13BrN4O4. The van der Waals surface area contributed by atoms with Gasteiger partial charge in [0.1, 0.15) is 0 Å². The van der Waals surface area contributed by atoms with Crippen LogP contribution >= 0.6 is 15.9 Å². The third-order valence-corrected chi connectivity index (χ3v) is 4.07. The first-order valence-electron chi connectivity index (χ1n) is 7.52. The molecule has 0 aliphatic carbocycles. The highest BCUT2D eigenvalue weighted by Crippen LogP contribution is 2.21. The molecule has 0 bridgehead atoms. The predicted octanol–water partition coefficient (Wildman–Crippen LogP) is 3.68. The molecular weight excluding hydrogens is 404 g/mol. The number of carbonyl (C=O) groups excluding carboxylic acids is 1. The molecule has 0 spiro atoms. The van der Waals surface area contributed by atoms with Gasteiger partial charge in [0, 0.05) is 34.8 Å². The average molecular weight is 417 g/mol. The van der Waals surface area contributed by atoms with Crippen molar-refractivity contribution in [2.24, 2.45) is 0 Å². The van der Waals surface area contributed by atoms with E-state index in [2.05, 4.69) is 26.1 Å². The Morgan fingerprint density at radius 3 is 2.77 bits per heavy atom. The van der Waals surface area contributed by atoms with E-state index in [1.165, 1.54) is 29.2 Å². The normalized spacial score (nSPS) is 10.5. The van der Waals surface area contributed by atoms with Crippen LogP contribution in [0.5, 0.6) is 0 Å². The highest BCUT2D eigenvalue weighted by atomic mass is 79.9. The molecule has 9 heteroatoms. The molecule has 0 atom stereocenters. The molecule has 132 valence electrons. The molecule has 0 fully saturated rings. The molecule has 2 aromatic carbocycles. The fraction of sp³-hybridized carbons (Fsp3) is 0.118. The monoisotopic (exact) mass is 416 g/mol. The third-order valence-electron chi connectivity index (χ3n) is 3.57. The highest BCUT2D eigenvalue weighted by Gasteiger charge is 2.18. The summed E-state index contributed by atoms with van der Waals surface area (Å²) in [5, 5.41) is 14.8. The zero-order chi connectivity index (χ0) is 18.7. The van der Waals surface area contributed by atoms with Gasteiger partial charge in [0.25, 0.3) is 11.6 Å². The second-order valence-corrected chi connectivity index (χ2v) is 6.41. The van der Waals surface area contributed by atoms with Gasteiger partial charge >= 0.3 is 0 Å². The van der Waals surface area contributed by atoms with Gasteiger partial charge in [0.2, 0.25) is 11.7 Å². The van der Waals surface area contributed by atoms with E-state index in [9.17, 15) is 14.9 Å². The van der Waals surface area contributed by atoms with Gasteiger partial charge in [-0.05, 0) is 18.2 Å². The minimum absolute atomic E-state index is 0.0858. The number of rotatable bonds is 5. The van der Waals surface area contributed by atoms with Crippen molar-refractivity contribution in [1.29, 1.82) is 0 Å². The number of carbonyl (C=O) groups is 1. The summed E-state index contributed by atoms with van der Waals surface area (Å²) in [7, 11) is 1.56. The Balaban J connectivity index is 1.74. The maximum Gasteiger partial charge on any atom is 0.270 e. The Bertz CT molecular complexity index is 973. The Labute approximate surface area is 156 Å². The van der Waals surface area contributed by atoms with Gasteiger partial charge in [-0.3, -0.25) is 14.9 Å². The summed E-state index contributed by atoms with van der Waals surface area (Å²) in [6.45, 7) is 0.0858. The van der Waals surface area contributed by atoms with Gasteiger partial charge in [0.05, 0.1) is 11.5 Å². The summed E-state index contributed by atoms with van der Waals surface area (Å²) >= 11 is 3.38. The van der Waals surface area contributed by atoms with E-state index in [1.807, 2.05) is 24.3 Å². The molecule has 3 aromatic rings. The molecule has 1 amide bonds. The van der Waals surface area contributed by atoms with E-state index < -0.39 is 4.92 Å². The molecule has 8 nitrogen and oxygen atoms in total. The average Bonchev–Trinajstić information content (AvgIpc) is 3.09. The lowest BCUT2D eigenvalue weighted by Gasteiger charge is -2.14. The largest absolute Gasteiger partial charge is 0.337 e. The van der Waals surface area contributed by atoms with E-state index in [0.717, 1.165) is 10.0 Å².